The highest BCUT2D eigenvalue weighted by Gasteiger charge is 2.53. The summed E-state index contributed by atoms with van der Waals surface area (Å²) < 4.78 is 5.29. The molecule has 5 heteroatoms. The molecule has 2 saturated carbocycles. The fraction of sp³-hybridized carbons (Fsp3) is 0.643. The summed E-state index contributed by atoms with van der Waals surface area (Å²) in [4.78, 5) is 4.25. The monoisotopic (exact) mass is 375 g/mol. The molecule has 4 nitrogen and oxygen atoms in total. The smallest absolute Gasteiger partial charge is 0.191 e. The summed E-state index contributed by atoms with van der Waals surface area (Å²) in [6.45, 7) is 1.75. The van der Waals surface area contributed by atoms with Crippen molar-refractivity contribution in [3.05, 3.63) is 24.2 Å². The highest BCUT2D eigenvalue weighted by atomic mass is 127. The standard InChI is InChI=1S/C14H21N3O.HI/c1-15-13(16-9-12-3-2-8-18-12)17-10-14(6-7-14)11-4-5-11;/h2-3,8,11H,4-7,9-10H2,1H3,(H2,15,16,17);1H. The van der Waals surface area contributed by atoms with Gasteiger partial charge in [-0.2, -0.15) is 0 Å². The number of rotatable bonds is 5. The number of nitrogens with zero attached hydrogens (tertiary/aromatic N) is 1. The molecule has 1 heterocycles. The molecule has 2 fully saturated rings. The maximum Gasteiger partial charge on any atom is 0.191 e. The minimum absolute atomic E-state index is 0. The summed E-state index contributed by atoms with van der Waals surface area (Å²) in [7, 11) is 1.81. The molecule has 0 unspecified atom stereocenters. The molecular weight excluding hydrogens is 353 g/mol. The van der Waals surface area contributed by atoms with Crippen LogP contribution in [0.3, 0.4) is 0 Å². The third-order valence-corrected chi connectivity index (χ3v) is 4.18. The van der Waals surface area contributed by atoms with Gasteiger partial charge in [0.2, 0.25) is 0 Å². The topological polar surface area (TPSA) is 49.6 Å². The van der Waals surface area contributed by atoms with Gasteiger partial charge in [0.1, 0.15) is 5.76 Å². The quantitative estimate of drug-likeness (QED) is 0.473. The molecule has 106 valence electrons. The zero-order valence-corrected chi connectivity index (χ0v) is 13.6. The molecule has 0 atom stereocenters. The summed E-state index contributed by atoms with van der Waals surface area (Å²) in [5.74, 6) is 2.78. The number of guanidine groups is 1. The zero-order valence-electron chi connectivity index (χ0n) is 11.3. The van der Waals surface area contributed by atoms with Gasteiger partial charge in [-0.15, -0.1) is 24.0 Å². The maximum absolute atomic E-state index is 5.29. The lowest BCUT2D eigenvalue weighted by Gasteiger charge is -2.17. The molecule has 0 saturated heterocycles. The average Bonchev–Trinajstić information content (AvgIpc) is 3.29. The van der Waals surface area contributed by atoms with Crippen molar-refractivity contribution < 1.29 is 4.42 Å². The number of hydrogen-bond acceptors (Lipinski definition) is 2. The van der Waals surface area contributed by atoms with Crippen molar-refractivity contribution in [1.82, 2.24) is 10.6 Å². The Labute approximate surface area is 131 Å². The van der Waals surface area contributed by atoms with Crippen LogP contribution < -0.4 is 10.6 Å². The second-order valence-corrected chi connectivity index (χ2v) is 5.50. The van der Waals surface area contributed by atoms with Crippen molar-refractivity contribution in [2.24, 2.45) is 16.3 Å². The van der Waals surface area contributed by atoms with Gasteiger partial charge in [-0.05, 0) is 49.1 Å². The number of aliphatic imine (C=N–C) groups is 1. The van der Waals surface area contributed by atoms with Gasteiger partial charge in [-0.25, -0.2) is 0 Å². The van der Waals surface area contributed by atoms with Crippen LogP contribution >= 0.6 is 24.0 Å². The summed E-state index contributed by atoms with van der Waals surface area (Å²) in [6.07, 6.45) is 7.33. The summed E-state index contributed by atoms with van der Waals surface area (Å²) in [6, 6.07) is 3.87. The van der Waals surface area contributed by atoms with E-state index >= 15 is 0 Å². The molecule has 3 rings (SSSR count). The molecule has 2 N–H and O–H groups in total. The van der Waals surface area contributed by atoms with Crippen molar-refractivity contribution >= 4 is 29.9 Å². The van der Waals surface area contributed by atoms with Gasteiger partial charge in [-0.3, -0.25) is 4.99 Å². The number of nitrogens with one attached hydrogen (secondary N) is 2. The Morgan fingerprint density at radius 1 is 1.42 bits per heavy atom. The van der Waals surface area contributed by atoms with Gasteiger partial charge in [0.25, 0.3) is 0 Å². The molecule has 0 bridgehead atoms. The van der Waals surface area contributed by atoms with E-state index in [2.05, 4.69) is 15.6 Å². The molecule has 0 aromatic carbocycles. The molecule has 0 radical (unpaired) electrons. The van der Waals surface area contributed by atoms with Crippen molar-refractivity contribution in [3.63, 3.8) is 0 Å². The molecule has 0 spiro atoms. The molecule has 0 aliphatic heterocycles. The Hall–Kier alpha value is -0.720. The van der Waals surface area contributed by atoms with Crippen LogP contribution in [0.1, 0.15) is 31.4 Å². The first kappa shape index (κ1) is 14.7. The van der Waals surface area contributed by atoms with Crippen molar-refractivity contribution in [2.75, 3.05) is 13.6 Å². The van der Waals surface area contributed by atoms with E-state index in [-0.39, 0.29) is 24.0 Å². The number of hydrogen-bond donors (Lipinski definition) is 2. The van der Waals surface area contributed by atoms with E-state index in [1.165, 1.54) is 25.7 Å². The van der Waals surface area contributed by atoms with Gasteiger partial charge in [0.05, 0.1) is 12.8 Å². The van der Waals surface area contributed by atoms with Crippen LogP contribution in [-0.2, 0) is 6.54 Å². The summed E-state index contributed by atoms with van der Waals surface area (Å²) >= 11 is 0. The largest absolute Gasteiger partial charge is 0.467 e. The molecule has 19 heavy (non-hydrogen) atoms. The fourth-order valence-corrected chi connectivity index (χ4v) is 2.65. The Kier molecular flexibility index (Phi) is 4.76. The minimum atomic E-state index is 0. The van der Waals surface area contributed by atoms with Crippen LogP contribution in [0, 0.1) is 11.3 Å². The first-order valence-electron chi connectivity index (χ1n) is 6.79. The molecule has 2 aliphatic carbocycles. The van der Waals surface area contributed by atoms with E-state index in [0.29, 0.717) is 12.0 Å². The average molecular weight is 375 g/mol. The van der Waals surface area contributed by atoms with Gasteiger partial charge in [0, 0.05) is 13.6 Å². The van der Waals surface area contributed by atoms with E-state index in [9.17, 15) is 0 Å². The van der Waals surface area contributed by atoms with Gasteiger partial charge >= 0.3 is 0 Å². The third-order valence-electron chi connectivity index (χ3n) is 4.18. The zero-order chi connectivity index (χ0) is 12.4. The van der Waals surface area contributed by atoms with Crippen LogP contribution in [-0.4, -0.2) is 19.6 Å². The van der Waals surface area contributed by atoms with E-state index in [1.807, 2.05) is 19.2 Å². The second kappa shape index (κ2) is 6.15. The molecule has 1 aromatic rings. The first-order chi connectivity index (χ1) is 8.82. The van der Waals surface area contributed by atoms with Gasteiger partial charge < -0.3 is 15.1 Å². The van der Waals surface area contributed by atoms with Gasteiger partial charge in [0.15, 0.2) is 5.96 Å². The molecular formula is C14H22IN3O. The van der Waals surface area contributed by atoms with Crippen molar-refractivity contribution in [3.8, 4) is 0 Å². The lowest BCUT2D eigenvalue weighted by molar-refractivity contribution is 0.430. The first-order valence-corrected chi connectivity index (χ1v) is 6.79. The minimum Gasteiger partial charge on any atom is -0.467 e. The van der Waals surface area contributed by atoms with Crippen molar-refractivity contribution in [1.29, 1.82) is 0 Å². The Morgan fingerprint density at radius 3 is 2.74 bits per heavy atom. The van der Waals surface area contributed by atoms with E-state index in [0.717, 1.165) is 24.2 Å². The molecule has 2 aliphatic rings. The second-order valence-electron chi connectivity index (χ2n) is 5.50. The number of furan rings is 1. The Bertz CT molecular complexity index is 422. The number of halogens is 1. The van der Waals surface area contributed by atoms with E-state index < -0.39 is 0 Å². The van der Waals surface area contributed by atoms with Gasteiger partial charge in [-0.1, -0.05) is 0 Å². The van der Waals surface area contributed by atoms with E-state index in [1.54, 1.807) is 6.26 Å². The van der Waals surface area contributed by atoms with E-state index in [4.69, 9.17) is 4.42 Å². The fourth-order valence-electron chi connectivity index (χ4n) is 2.65. The molecule has 0 amide bonds. The maximum atomic E-state index is 5.29. The SMILES string of the molecule is CN=C(NCc1ccco1)NCC1(C2CC2)CC1.I. The normalized spacial score (nSPS) is 20.6. The predicted molar refractivity (Wildman–Crippen MR) is 86.7 cm³/mol. The summed E-state index contributed by atoms with van der Waals surface area (Å²) in [5, 5.41) is 6.73. The van der Waals surface area contributed by atoms with Crippen LogP contribution in [0.15, 0.2) is 27.8 Å². The van der Waals surface area contributed by atoms with Crippen LogP contribution in [0.2, 0.25) is 0 Å². The van der Waals surface area contributed by atoms with Crippen LogP contribution in [0.5, 0.6) is 0 Å². The Morgan fingerprint density at radius 2 is 2.21 bits per heavy atom. The third kappa shape index (κ3) is 3.64. The van der Waals surface area contributed by atoms with Crippen LogP contribution in [0.25, 0.3) is 0 Å². The van der Waals surface area contributed by atoms with Crippen LogP contribution in [0.4, 0.5) is 0 Å². The molecule has 1 aromatic heterocycles. The lowest BCUT2D eigenvalue weighted by Crippen LogP contribution is -2.40. The highest BCUT2D eigenvalue weighted by molar-refractivity contribution is 14.0. The summed E-state index contributed by atoms with van der Waals surface area (Å²) in [5.41, 5.74) is 0.600. The highest BCUT2D eigenvalue weighted by Crippen LogP contribution is 2.60. The van der Waals surface area contributed by atoms with Crippen molar-refractivity contribution in [2.45, 2.75) is 32.2 Å². The lowest BCUT2D eigenvalue weighted by atomic mass is 10.0. The Balaban J connectivity index is 0.00000133. The predicted octanol–water partition coefficient (Wildman–Crippen LogP) is 2.75.